The van der Waals surface area contributed by atoms with E-state index in [1.165, 1.54) is 81.9 Å². The first kappa shape index (κ1) is 25.8. The van der Waals surface area contributed by atoms with Crippen LogP contribution in [0, 0.1) is 0 Å². The third-order valence-corrected chi connectivity index (χ3v) is 9.63. The Morgan fingerprint density at radius 2 is 1.07 bits per heavy atom. The van der Waals surface area contributed by atoms with Crippen molar-refractivity contribution in [3.05, 3.63) is 151 Å². The van der Waals surface area contributed by atoms with Gasteiger partial charge in [-0.15, -0.1) is 0 Å². The van der Waals surface area contributed by atoms with E-state index in [0.29, 0.717) is 0 Å². The fourth-order valence-corrected chi connectivity index (χ4v) is 7.77. The maximum atomic E-state index is 6.34. The van der Waals surface area contributed by atoms with Gasteiger partial charge in [-0.05, 0) is 101 Å². The van der Waals surface area contributed by atoms with Crippen molar-refractivity contribution in [2.24, 2.45) is 0 Å². The molecule has 0 spiro atoms. The summed E-state index contributed by atoms with van der Waals surface area (Å²) in [6, 6.07) is 48.4. The molecular weight excluding hydrogens is 544 g/mol. The second-order valence-electron chi connectivity index (χ2n) is 11.9. The molecule has 0 aliphatic carbocycles. The minimum absolute atomic E-state index is 0.915. The van der Waals surface area contributed by atoms with Crippen LogP contribution in [0.25, 0.3) is 93.4 Å². The fourth-order valence-electron chi connectivity index (χ4n) is 7.77. The van der Waals surface area contributed by atoms with Crippen LogP contribution in [-0.4, -0.2) is 0 Å². The number of para-hydroxylation sites is 1. The summed E-state index contributed by atoms with van der Waals surface area (Å²) in [6.07, 6.45) is 2.97. The zero-order valence-electron chi connectivity index (χ0n) is 25.1. The van der Waals surface area contributed by atoms with Crippen molar-refractivity contribution in [2.75, 3.05) is 0 Å². The Morgan fingerprint density at radius 3 is 1.73 bits per heavy atom. The minimum atomic E-state index is 0.915. The van der Waals surface area contributed by atoms with E-state index in [0.717, 1.165) is 23.0 Å². The maximum absolute atomic E-state index is 6.34. The van der Waals surface area contributed by atoms with Gasteiger partial charge in [0.2, 0.25) is 0 Å². The van der Waals surface area contributed by atoms with E-state index in [4.69, 9.17) is 4.42 Å². The lowest BCUT2D eigenvalue weighted by molar-refractivity contribution is 0.669. The Hall–Kier alpha value is -5.66. The van der Waals surface area contributed by atoms with Crippen molar-refractivity contribution in [1.29, 1.82) is 0 Å². The van der Waals surface area contributed by atoms with Gasteiger partial charge < -0.3 is 4.42 Å². The summed E-state index contributed by atoms with van der Waals surface area (Å²) in [7, 11) is 0. The number of aryl methyl sites for hydroxylation is 1. The molecular formula is C44H30O. The van der Waals surface area contributed by atoms with Crippen molar-refractivity contribution in [2.45, 2.75) is 13.3 Å². The number of rotatable bonds is 4. The molecule has 0 atom stereocenters. The number of fused-ring (bicyclic) bond motifs is 8. The van der Waals surface area contributed by atoms with E-state index >= 15 is 0 Å². The Kier molecular flexibility index (Phi) is 5.70. The highest BCUT2D eigenvalue weighted by molar-refractivity contribution is 6.26. The van der Waals surface area contributed by atoms with Crippen molar-refractivity contribution < 1.29 is 4.42 Å². The summed E-state index contributed by atoms with van der Waals surface area (Å²) in [5.74, 6) is 0. The number of hydrogen-bond donors (Lipinski definition) is 0. The Bertz CT molecular complexity index is 2590. The van der Waals surface area contributed by atoms with Crippen molar-refractivity contribution >= 4 is 71.1 Å². The summed E-state index contributed by atoms with van der Waals surface area (Å²) >= 11 is 0. The van der Waals surface area contributed by atoms with Gasteiger partial charge in [0, 0.05) is 10.8 Å². The second-order valence-corrected chi connectivity index (χ2v) is 11.9. The summed E-state index contributed by atoms with van der Waals surface area (Å²) in [6.45, 7) is 6.48. The lowest BCUT2D eigenvalue weighted by Gasteiger charge is -2.20. The van der Waals surface area contributed by atoms with Gasteiger partial charge in [0.25, 0.3) is 0 Å². The van der Waals surface area contributed by atoms with E-state index in [-0.39, 0.29) is 0 Å². The molecule has 0 unspecified atom stereocenters. The van der Waals surface area contributed by atoms with Crippen LogP contribution in [-0.2, 0) is 6.42 Å². The van der Waals surface area contributed by atoms with Crippen molar-refractivity contribution in [3.8, 4) is 22.3 Å². The van der Waals surface area contributed by atoms with Crippen LogP contribution < -0.4 is 0 Å². The predicted octanol–water partition coefficient (Wildman–Crippen LogP) is 12.7. The molecule has 1 heteroatoms. The van der Waals surface area contributed by atoms with Gasteiger partial charge in [-0.1, -0.05) is 135 Å². The molecule has 0 saturated heterocycles. The smallest absolute Gasteiger partial charge is 0.136 e. The van der Waals surface area contributed by atoms with E-state index in [1.807, 2.05) is 12.1 Å². The molecule has 1 heterocycles. The van der Waals surface area contributed by atoms with Crippen LogP contribution in [0.1, 0.15) is 18.1 Å². The lowest BCUT2D eigenvalue weighted by Crippen LogP contribution is -1.94. The molecule has 0 bridgehead atoms. The first-order chi connectivity index (χ1) is 22.3. The average Bonchev–Trinajstić information content (AvgIpc) is 3.49. The zero-order chi connectivity index (χ0) is 30.1. The Labute approximate surface area is 261 Å². The highest BCUT2D eigenvalue weighted by Gasteiger charge is 2.21. The van der Waals surface area contributed by atoms with Gasteiger partial charge >= 0.3 is 0 Å². The summed E-state index contributed by atoms with van der Waals surface area (Å²) < 4.78 is 6.34. The molecule has 0 radical (unpaired) electrons. The third-order valence-electron chi connectivity index (χ3n) is 9.63. The molecule has 0 N–H and O–H groups in total. The quantitative estimate of drug-likeness (QED) is 0.150. The first-order valence-electron chi connectivity index (χ1n) is 15.7. The van der Waals surface area contributed by atoms with E-state index in [2.05, 4.69) is 141 Å². The van der Waals surface area contributed by atoms with Crippen LogP contribution in [0.4, 0.5) is 0 Å². The summed E-state index contributed by atoms with van der Waals surface area (Å²) in [4.78, 5) is 0. The topological polar surface area (TPSA) is 13.1 Å². The number of furan rings is 1. The molecule has 0 saturated carbocycles. The molecule has 0 amide bonds. The lowest BCUT2D eigenvalue weighted by atomic mass is 9.83. The van der Waals surface area contributed by atoms with E-state index < -0.39 is 0 Å². The normalized spacial score (nSPS) is 11.8. The predicted molar refractivity (Wildman–Crippen MR) is 194 cm³/mol. The molecule has 212 valence electrons. The fraction of sp³-hybridized carbons (Fsp3) is 0.0455. The molecule has 0 aliphatic heterocycles. The molecule has 9 aromatic rings. The van der Waals surface area contributed by atoms with Gasteiger partial charge in [-0.25, -0.2) is 0 Å². The average molecular weight is 575 g/mol. The SMILES string of the molecule is C=Cc1c(CC)c2cc(-c3c4ccccc4c(-c4cccc5oc6ccccc6c45)c4ccccc34)ccc2c2ccccc12. The van der Waals surface area contributed by atoms with Crippen molar-refractivity contribution in [1.82, 2.24) is 0 Å². The van der Waals surface area contributed by atoms with Crippen LogP contribution in [0.3, 0.4) is 0 Å². The standard InChI is InChI=1S/C44H30O/c1-3-28-29(4-2)39-26-27(24-25-32(39)31-15-6-5-14-30(28)31)42-33-16-7-9-18-35(33)43(36-19-10-8-17-34(36)42)38-21-13-23-41-44(38)37-20-11-12-22-40(37)45-41/h3,5-26H,1,4H2,2H3. The molecule has 0 fully saturated rings. The van der Waals surface area contributed by atoms with Gasteiger partial charge in [0.05, 0.1) is 0 Å². The Balaban J connectivity index is 1.42. The van der Waals surface area contributed by atoms with E-state index in [1.54, 1.807) is 0 Å². The highest BCUT2D eigenvalue weighted by Crippen LogP contribution is 2.47. The van der Waals surface area contributed by atoms with Crippen molar-refractivity contribution in [3.63, 3.8) is 0 Å². The van der Waals surface area contributed by atoms with Gasteiger partial charge in [-0.3, -0.25) is 0 Å². The number of benzene rings is 8. The molecule has 8 aromatic carbocycles. The van der Waals surface area contributed by atoms with Crippen LogP contribution in [0.5, 0.6) is 0 Å². The molecule has 0 aliphatic rings. The van der Waals surface area contributed by atoms with Gasteiger partial charge in [0.1, 0.15) is 11.2 Å². The maximum Gasteiger partial charge on any atom is 0.136 e. The van der Waals surface area contributed by atoms with Crippen LogP contribution >= 0.6 is 0 Å². The Morgan fingerprint density at radius 1 is 0.511 bits per heavy atom. The first-order valence-corrected chi connectivity index (χ1v) is 15.7. The zero-order valence-corrected chi connectivity index (χ0v) is 25.1. The third kappa shape index (κ3) is 3.68. The van der Waals surface area contributed by atoms with Gasteiger partial charge in [-0.2, -0.15) is 0 Å². The van der Waals surface area contributed by atoms with Crippen LogP contribution in [0.2, 0.25) is 0 Å². The van der Waals surface area contributed by atoms with E-state index in [9.17, 15) is 0 Å². The second kappa shape index (κ2) is 9.94. The molecule has 45 heavy (non-hydrogen) atoms. The number of hydrogen-bond acceptors (Lipinski definition) is 1. The monoisotopic (exact) mass is 574 g/mol. The largest absolute Gasteiger partial charge is 0.456 e. The molecule has 1 aromatic heterocycles. The summed E-state index contributed by atoms with van der Waals surface area (Å²) in [5, 5.41) is 12.4. The summed E-state index contributed by atoms with van der Waals surface area (Å²) in [5.41, 5.74) is 9.37. The highest BCUT2D eigenvalue weighted by atomic mass is 16.3. The molecule has 9 rings (SSSR count). The minimum Gasteiger partial charge on any atom is -0.456 e. The molecule has 1 nitrogen and oxygen atoms in total. The van der Waals surface area contributed by atoms with Gasteiger partial charge in [0.15, 0.2) is 0 Å². The van der Waals surface area contributed by atoms with Crippen LogP contribution in [0.15, 0.2) is 144 Å².